The van der Waals surface area contributed by atoms with E-state index in [-0.39, 0.29) is 23.5 Å². The Kier molecular flexibility index (Phi) is 5.80. The average Bonchev–Trinajstić information content (AvgIpc) is 2.88. The van der Waals surface area contributed by atoms with Crippen molar-refractivity contribution in [2.45, 2.75) is 24.9 Å². The molecule has 3 heterocycles. The van der Waals surface area contributed by atoms with Gasteiger partial charge in [-0.25, -0.2) is 0 Å². The lowest BCUT2D eigenvalue weighted by Crippen LogP contribution is -2.52. The van der Waals surface area contributed by atoms with Gasteiger partial charge in [0.1, 0.15) is 17.4 Å². The summed E-state index contributed by atoms with van der Waals surface area (Å²) in [6.45, 7) is 0.842. The molecule has 0 N–H and O–H groups in total. The number of piperidine rings is 1. The largest absolute Gasteiger partial charge is 0.493 e. The lowest BCUT2D eigenvalue weighted by molar-refractivity contribution is -0.129. The number of amides is 1. The van der Waals surface area contributed by atoms with Crippen LogP contribution in [0.15, 0.2) is 57.9 Å². The third-order valence-electron chi connectivity index (χ3n) is 6.70. The highest BCUT2D eigenvalue weighted by atomic mass is 16.5. The minimum atomic E-state index is -0.705. The SMILES string of the molecule is COc1ccc2c(c1OC)OC1(CCN(C(=O)/C=C/c3coc4ccccc4c3=O)CC1)CC2=O. The maximum absolute atomic E-state index is 12.9. The molecular formula is C27H25NO7. The van der Waals surface area contributed by atoms with Gasteiger partial charge in [0.15, 0.2) is 22.7 Å². The van der Waals surface area contributed by atoms with E-state index in [2.05, 4.69) is 0 Å². The molecule has 2 aromatic carbocycles. The quantitative estimate of drug-likeness (QED) is 0.529. The number of para-hydroxylation sites is 1. The van der Waals surface area contributed by atoms with E-state index in [1.807, 2.05) is 0 Å². The summed E-state index contributed by atoms with van der Waals surface area (Å²) in [4.78, 5) is 40.1. The molecule has 1 fully saturated rings. The van der Waals surface area contributed by atoms with E-state index in [0.29, 0.717) is 65.3 Å². The van der Waals surface area contributed by atoms with Crippen LogP contribution < -0.4 is 19.6 Å². The Hall–Kier alpha value is -4.07. The van der Waals surface area contributed by atoms with Gasteiger partial charge in [-0.2, -0.15) is 0 Å². The van der Waals surface area contributed by atoms with Gasteiger partial charge in [0.25, 0.3) is 0 Å². The van der Waals surface area contributed by atoms with Gasteiger partial charge < -0.3 is 23.5 Å². The molecule has 180 valence electrons. The summed E-state index contributed by atoms with van der Waals surface area (Å²) in [5.74, 6) is 1.05. The van der Waals surface area contributed by atoms with Crippen LogP contribution in [0.25, 0.3) is 17.0 Å². The standard InChI is InChI=1S/C27H25NO7/c1-32-22-9-8-18-20(29)15-27(35-25(18)26(22)33-2)11-13-28(14-12-27)23(30)10-7-17-16-34-21-6-4-3-5-19(21)24(17)31/h3-10,16H,11-15H2,1-2H3/b10-7+. The molecule has 8 nitrogen and oxygen atoms in total. The number of Topliss-reactive ketones (excluding diaryl/α,β-unsaturated/α-hetero) is 1. The molecule has 0 atom stereocenters. The molecule has 1 spiro atoms. The van der Waals surface area contributed by atoms with Gasteiger partial charge >= 0.3 is 0 Å². The van der Waals surface area contributed by atoms with E-state index in [1.165, 1.54) is 32.6 Å². The van der Waals surface area contributed by atoms with Crippen LogP contribution in [-0.4, -0.2) is 49.5 Å². The predicted molar refractivity (Wildman–Crippen MR) is 129 cm³/mol. The molecule has 0 saturated carbocycles. The Labute approximate surface area is 201 Å². The zero-order chi connectivity index (χ0) is 24.6. The number of likely N-dealkylation sites (tertiary alicyclic amines) is 1. The van der Waals surface area contributed by atoms with Gasteiger partial charge in [0, 0.05) is 32.0 Å². The monoisotopic (exact) mass is 475 g/mol. The van der Waals surface area contributed by atoms with Gasteiger partial charge in [0.05, 0.1) is 37.2 Å². The molecule has 1 aromatic heterocycles. The molecule has 8 heteroatoms. The number of hydrogen-bond donors (Lipinski definition) is 0. The molecular weight excluding hydrogens is 450 g/mol. The molecule has 2 aliphatic rings. The summed E-state index contributed by atoms with van der Waals surface area (Å²) in [7, 11) is 3.04. The number of ketones is 1. The van der Waals surface area contributed by atoms with Crippen molar-refractivity contribution in [3.8, 4) is 17.2 Å². The summed E-state index contributed by atoms with van der Waals surface area (Å²) in [5, 5.41) is 0.466. The van der Waals surface area contributed by atoms with E-state index >= 15 is 0 Å². The van der Waals surface area contributed by atoms with Crippen LogP contribution in [0.3, 0.4) is 0 Å². The second kappa shape index (κ2) is 8.94. The first kappa shape index (κ1) is 22.7. The maximum Gasteiger partial charge on any atom is 0.246 e. The number of ether oxygens (including phenoxy) is 3. The number of benzene rings is 2. The minimum absolute atomic E-state index is 0.0186. The number of rotatable bonds is 4. The lowest BCUT2D eigenvalue weighted by atomic mass is 9.82. The van der Waals surface area contributed by atoms with E-state index in [4.69, 9.17) is 18.6 Å². The Bertz CT molecular complexity index is 1400. The summed E-state index contributed by atoms with van der Waals surface area (Å²) >= 11 is 0. The van der Waals surface area contributed by atoms with Crippen LogP contribution >= 0.6 is 0 Å². The van der Waals surface area contributed by atoms with Crippen LogP contribution in [0.1, 0.15) is 35.2 Å². The molecule has 5 rings (SSSR count). The normalized spacial score (nSPS) is 16.9. The fraction of sp³-hybridized carbons (Fsp3) is 0.296. The highest BCUT2D eigenvalue weighted by Crippen LogP contribution is 2.47. The van der Waals surface area contributed by atoms with Gasteiger partial charge in [-0.1, -0.05) is 12.1 Å². The summed E-state index contributed by atoms with van der Waals surface area (Å²) in [5.41, 5.74) is 0.392. The molecule has 2 aliphatic heterocycles. The molecule has 0 aliphatic carbocycles. The highest BCUT2D eigenvalue weighted by molar-refractivity contribution is 6.01. The van der Waals surface area contributed by atoms with E-state index < -0.39 is 5.60 Å². The maximum atomic E-state index is 12.9. The topological polar surface area (TPSA) is 95.3 Å². The summed E-state index contributed by atoms with van der Waals surface area (Å²) < 4.78 is 22.7. The van der Waals surface area contributed by atoms with Crippen molar-refractivity contribution in [2.75, 3.05) is 27.3 Å². The number of fused-ring (bicyclic) bond motifs is 2. The third-order valence-corrected chi connectivity index (χ3v) is 6.70. The second-order valence-corrected chi connectivity index (χ2v) is 8.74. The van der Waals surface area contributed by atoms with Crippen LogP contribution in [0.2, 0.25) is 0 Å². The fourth-order valence-electron chi connectivity index (χ4n) is 4.75. The second-order valence-electron chi connectivity index (χ2n) is 8.74. The smallest absolute Gasteiger partial charge is 0.246 e. The van der Waals surface area contributed by atoms with Crippen LogP contribution in [0, 0.1) is 0 Å². The minimum Gasteiger partial charge on any atom is -0.493 e. The van der Waals surface area contributed by atoms with Gasteiger partial charge in [-0.15, -0.1) is 0 Å². The van der Waals surface area contributed by atoms with Crippen molar-refractivity contribution in [1.29, 1.82) is 0 Å². The average molecular weight is 475 g/mol. The van der Waals surface area contributed by atoms with Crippen molar-refractivity contribution in [3.63, 3.8) is 0 Å². The van der Waals surface area contributed by atoms with Crippen LogP contribution in [0.4, 0.5) is 0 Å². The zero-order valence-electron chi connectivity index (χ0n) is 19.5. The van der Waals surface area contributed by atoms with Crippen molar-refractivity contribution in [3.05, 3.63) is 70.1 Å². The van der Waals surface area contributed by atoms with Gasteiger partial charge in [-0.05, 0) is 30.3 Å². The summed E-state index contributed by atoms with van der Waals surface area (Å²) in [6.07, 6.45) is 5.46. The van der Waals surface area contributed by atoms with E-state index in [1.54, 1.807) is 41.3 Å². The molecule has 0 bridgehead atoms. The Morgan fingerprint density at radius 3 is 2.57 bits per heavy atom. The van der Waals surface area contributed by atoms with Crippen LogP contribution in [0.5, 0.6) is 17.2 Å². The molecule has 1 amide bonds. The zero-order valence-corrected chi connectivity index (χ0v) is 19.5. The first-order valence-corrected chi connectivity index (χ1v) is 11.4. The van der Waals surface area contributed by atoms with Crippen molar-refractivity contribution < 1.29 is 28.2 Å². The van der Waals surface area contributed by atoms with Crippen LogP contribution in [-0.2, 0) is 4.79 Å². The number of methoxy groups -OCH3 is 2. The number of hydrogen-bond acceptors (Lipinski definition) is 7. The number of carbonyl (C=O) groups excluding carboxylic acids is 2. The van der Waals surface area contributed by atoms with Gasteiger partial charge in [0.2, 0.25) is 11.7 Å². The van der Waals surface area contributed by atoms with E-state index in [0.717, 1.165) is 0 Å². The fourth-order valence-corrected chi connectivity index (χ4v) is 4.75. The predicted octanol–water partition coefficient (Wildman–Crippen LogP) is 3.85. The number of nitrogens with zero attached hydrogens (tertiary/aromatic N) is 1. The first-order chi connectivity index (χ1) is 16.9. The summed E-state index contributed by atoms with van der Waals surface area (Å²) in [6, 6.07) is 10.4. The number of carbonyl (C=O) groups is 2. The van der Waals surface area contributed by atoms with Crippen molar-refractivity contribution in [1.82, 2.24) is 4.90 Å². The molecule has 0 radical (unpaired) electrons. The Morgan fingerprint density at radius 2 is 1.83 bits per heavy atom. The van der Waals surface area contributed by atoms with Gasteiger partial charge in [-0.3, -0.25) is 14.4 Å². The van der Waals surface area contributed by atoms with Crippen molar-refractivity contribution >= 4 is 28.7 Å². The molecule has 0 unspecified atom stereocenters. The lowest BCUT2D eigenvalue weighted by Gasteiger charge is -2.44. The highest BCUT2D eigenvalue weighted by Gasteiger charge is 2.45. The molecule has 35 heavy (non-hydrogen) atoms. The molecule has 3 aromatic rings. The molecule has 1 saturated heterocycles. The third kappa shape index (κ3) is 4.05. The Balaban J connectivity index is 1.30. The van der Waals surface area contributed by atoms with E-state index in [9.17, 15) is 14.4 Å². The Morgan fingerprint density at radius 1 is 1.06 bits per heavy atom. The van der Waals surface area contributed by atoms with Crippen molar-refractivity contribution in [2.24, 2.45) is 0 Å². The first-order valence-electron chi connectivity index (χ1n) is 11.4.